The van der Waals surface area contributed by atoms with Crippen LogP contribution in [-0.2, 0) is 6.54 Å². The van der Waals surface area contributed by atoms with Crippen molar-refractivity contribution in [2.75, 3.05) is 26.8 Å². The van der Waals surface area contributed by atoms with E-state index >= 15 is 0 Å². The number of rotatable bonds is 10. The van der Waals surface area contributed by atoms with E-state index < -0.39 is 0 Å². The summed E-state index contributed by atoms with van der Waals surface area (Å²) in [7, 11) is 1.76. The van der Waals surface area contributed by atoms with Gasteiger partial charge in [-0.05, 0) is 30.5 Å². The Morgan fingerprint density at radius 1 is 1.04 bits per heavy atom. The molecule has 2 aromatic rings. The first-order valence-electron chi connectivity index (χ1n) is 9.02. The van der Waals surface area contributed by atoms with Gasteiger partial charge in [-0.2, -0.15) is 0 Å². The molecule has 0 radical (unpaired) electrons. The highest BCUT2D eigenvalue weighted by molar-refractivity contribution is 5.79. The maximum absolute atomic E-state index is 5.67. The summed E-state index contributed by atoms with van der Waals surface area (Å²) in [5.74, 6) is 2.32. The molecule has 0 aliphatic carbocycles. The Kier molecular flexibility index (Phi) is 8.83. The molecule has 0 fully saturated rings. The summed E-state index contributed by atoms with van der Waals surface area (Å²) in [5.41, 5.74) is 1.07. The van der Waals surface area contributed by atoms with E-state index in [1.54, 1.807) is 7.05 Å². The molecule has 26 heavy (non-hydrogen) atoms. The van der Waals surface area contributed by atoms with Crippen molar-refractivity contribution >= 4 is 5.96 Å². The lowest BCUT2D eigenvalue weighted by molar-refractivity contribution is 0.305. The Morgan fingerprint density at radius 3 is 2.58 bits per heavy atom. The number of aromatic nitrogens is 1. The van der Waals surface area contributed by atoms with Gasteiger partial charge < -0.3 is 20.1 Å². The fourth-order valence-corrected chi connectivity index (χ4v) is 2.20. The molecule has 0 saturated carbocycles. The van der Waals surface area contributed by atoms with Crippen molar-refractivity contribution in [2.24, 2.45) is 4.99 Å². The van der Waals surface area contributed by atoms with Crippen LogP contribution in [0.1, 0.15) is 25.3 Å². The van der Waals surface area contributed by atoms with E-state index in [0.717, 1.165) is 36.7 Å². The molecule has 0 atom stereocenters. The van der Waals surface area contributed by atoms with Gasteiger partial charge >= 0.3 is 0 Å². The number of pyridine rings is 1. The van der Waals surface area contributed by atoms with Crippen molar-refractivity contribution in [3.05, 3.63) is 54.2 Å². The molecule has 0 unspecified atom stereocenters. The summed E-state index contributed by atoms with van der Waals surface area (Å²) >= 11 is 0. The van der Waals surface area contributed by atoms with Gasteiger partial charge in [-0.1, -0.05) is 31.2 Å². The van der Waals surface area contributed by atoms with E-state index in [1.165, 1.54) is 0 Å². The number of ether oxygens (including phenoxy) is 2. The minimum absolute atomic E-state index is 0.654. The molecule has 140 valence electrons. The average molecular weight is 356 g/mol. The maximum atomic E-state index is 5.67. The van der Waals surface area contributed by atoms with Gasteiger partial charge in [0, 0.05) is 32.4 Å². The Morgan fingerprint density at radius 2 is 1.88 bits per heavy atom. The van der Waals surface area contributed by atoms with Crippen LogP contribution in [0.15, 0.2) is 53.7 Å². The number of nitrogens with zero attached hydrogens (tertiary/aromatic N) is 2. The van der Waals surface area contributed by atoms with Gasteiger partial charge in [-0.3, -0.25) is 4.99 Å². The van der Waals surface area contributed by atoms with Crippen LogP contribution < -0.4 is 20.1 Å². The smallest absolute Gasteiger partial charge is 0.213 e. The second-order valence-electron chi connectivity index (χ2n) is 5.72. The highest BCUT2D eigenvalue weighted by Crippen LogP contribution is 2.08. The van der Waals surface area contributed by atoms with E-state index in [-0.39, 0.29) is 0 Å². The predicted molar refractivity (Wildman–Crippen MR) is 105 cm³/mol. The largest absolute Gasteiger partial charge is 0.494 e. The monoisotopic (exact) mass is 356 g/mol. The van der Waals surface area contributed by atoms with Crippen molar-refractivity contribution in [3.8, 4) is 11.6 Å². The molecule has 0 aliphatic rings. The average Bonchev–Trinajstić information content (AvgIpc) is 2.70. The number of hydrogen-bond donors (Lipinski definition) is 2. The molecule has 1 aromatic heterocycles. The van der Waals surface area contributed by atoms with Gasteiger partial charge in [0.25, 0.3) is 0 Å². The molecule has 0 spiro atoms. The second-order valence-corrected chi connectivity index (χ2v) is 5.72. The molecule has 0 amide bonds. The molecule has 1 heterocycles. The zero-order valence-corrected chi connectivity index (χ0v) is 15.6. The topological polar surface area (TPSA) is 67.8 Å². The predicted octanol–water partition coefficient (Wildman–Crippen LogP) is 3.00. The van der Waals surface area contributed by atoms with E-state index in [1.807, 2.05) is 48.7 Å². The Bertz CT molecular complexity index is 645. The first-order valence-corrected chi connectivity index (χ1v) is 9.02. The zero-order chi connectivity index (χ0) is 18.5. The Labute approximate surface area is 155 Å². The maximum Gasteiger partial charge on any atom is 0.213 e. The van der Waals surface area contributed by atoms with Crippen LogP contribution in [0.3, 0.4) is 0 Å². The van der Waals surface area contributed by atoms with Gasteiger partial charge in [-0.25, -0.2) is 4.98 Å². The standard InChI is InChI=1S/C20H28N4O2/c1-3-13-26-19-11-10-17(15-23-19)16-24-20(21-2)22-12-7-14-25-18-8-5-4-6-9-18/h4-6,8-11,15H,3,7,12-14,16H2,1-2H3,(H2,21,22,24). The lowest BCUT2D eigenvalue weighted by Crippen LogP contribution is -2.37. The molecule has 2 rings (SSSR count). The molecular weight excluding hydrogens is 328 g/mol. The molecule has 0 saturated heterocycles. The molecule has 2 N–H and O–H groups in total. The van der Waals surface area contributed by atoms with Crippen molar-refractivity contribution in [1.29, 1.82) is 0 Å². The summed E-state index contributed by atoms with van der Waals surface area (Å²) in [6.07, 6.45) is 3.68. The molecule has 0 aliphatic heterocycles. The fraction of sp³-hybridized carbons (Fsp3) is 0.400. The number of nitrogens with one attached hydrogen (secondary N) is 2. The lowest BCUT2D eigenvalue weighted by atomic mass is 10.3. The Balaban J connectivity index is 1.63. The van der Waals surface area contributed by atoms with Gasteiger partial charge in [0.05, 0.1) is 13.2 Å². The molecule has 6 heteroatoms. The van der Waals surface area contributed by atoms with Gasteiger partial charge in [0.2, 0.25) is 5.88 Å². The van der Waals surface area contributed by atoms with Crippen molar-refractivity contribution in [3.63, 3.8) is 0 Å². The van der Waals surface area contributed by atoms with E-state index in [4.69, 9.17) is 9.47 Å². The number of para-hydroxylation sites is 1. The first kappa shape index (κ1) is 19.6. The fourth-order valence-electron chi connectivity index (χ4n) is 2.20. The normalized spacial score (nSPS) is 11.1. The molecule has 1 aromatic carbocycles. The second kappa shape index (κ2) is 11.7. The Hall–Kier alpha value is -2.76. The number of hydrogen-bond acceptors (Lipinski definition) is 4. The minimum Gasteiger partial charge on any atom is -0.494 e. The van der Waals surface area contributed by atoms with Gasteiger partial charge in [0.15, 0.2) is 5.96 Å². The highest BCUT2D eigenvalue weighted by atomic mass is 16.5. The van der Waals surface area contributed by atoms with Crippen LogP contribution >= 0.6 is 0 Å². The van der Waals surface area contributed by atoms with Crippen LogP contribution in [0.5, 0.6) is 11.6 Å². The molecule has 0 bridgehead atoms. The third-order valence-corrected chi connectivity index (χ3v) is 3.56. The summed E-state index contributed by atoms with van der Waals surface area (Å²) < 4.78 is 11.2. The van der Waals surface area contributed by atoms with Crippen LogP contribution in [0.4, 0.5) is 0 Å². The molecular formula is C20H28N4O2. The van der Waals surface area contributed by atoms with E-state index in [9.17, 15) is 0 Å². The third kappa shape index (κ3) is 7.42. The van der Waals surface area contributed by atoms with E-state index in [0.29, 0.717) is 25.6 Å². The van der Waals surface area contributed by atoms with Crippen LogP contribution in [0.25, 0.3) is 0 Å². The quantitative estimate of drug-likeness (QED) is 0.389. The summed E-state index contributed by atoms with van der Waals surface area (Å²) in [4.78, 5) is 8.52. The minimum atomic E-state index is 0.654. The van der Waals surface area contributed by atoms with E-state index in [2.05, 4.69) is 27.5 Å². The van der Waals surface area contributed by atoms with Crippen LogP contribution in [0.2, 0.25) is 0 Å². The SMILES string of the molecule is CCCOc1ccc(CNC(=NC)NCCCOc2ccccc2)cn1. The summed E-state index contributed by atoms with van der Waals surface area (Å²) in [6, 6.07) is 13.7. The summed E-state index contributed by atoms with van der Waals surface area (Å²) in [6.45, 7) is 4.87. The van der Waals surface area contributed by atoms with Crippen molar-refractivity contribution < 1.29 is 9.47 Å². The first-order chi connectivity index (χ1) is 12.8. The zero-order valence-electron chi connectivity index (χ0n) is 15.6. The van der Waals surface area contributed by atoms with Gasteiger partial charge in [0.1, 0.15) is 5.75 Å². The number of guanidine groups is 1. The van der Waals surface area contributed by atoms with Crippen molar-refractivity contribution in [1.82, 2.24) is 15.6 Å². The number of aliphatic imine (C=N–C) groups is 1. The van der Waals surface area contributed by atoms with Crippen LogP contribution in [-0.4, -0.2) is 37.7 Å². The lowest BCUT2D eigenvalue weighted by Gasteiger charge is -2.12. The molecule has 6 nitrogen and oxygen atoms in total. The van der Waals surface area contributed by atoms with Crippen LogP contribution in [0, 0.1) is 0 Å². The number of benzene rings is 1. The van der Waals surface area contributed by atoms with Gasteiger partial charge in [-0.15, -0.1) is 0 Å². The summed E-state index contributed by atoms with van der Waals surface area (Å²) in [5, 5.41) is 6.55. The van der Waals surface area contributed by atoms with Crippen molar-refractivity contribution in [2.45, 2.75) is 26.3 Å². The highest BCUT2D eigenvalue weighted by Gasteiger charge is 2.00. The third-order valence-electron chi connectivity index (χ3n) is 3.56.